The summed E-state index contributed by atoms with van der Waals surface area (Å²) >= 11 is 0. The van der Waals surface area contributed by atoms with E-state index in [2.05, 4.69) is 25.7 Å². The van der Waals surface area contributed by atoms with Gasteiger partial charge in [-0.15, -0.1) is 5.10 Å². The Hall–Kier alpha value is -3.00. The topological polar surface area (TPSA) is 104 Å². The molecular weight excluding hydrogens is 392 g/mol. The Morgan fingerprint density at radius 1 is 1.23 bits per heavy atom. The molecule has 2 aliphatic rings. The van der Waals surface area contributed by atoms with Crippen LogP contribution in [-0.2, 0) is 16.6 Å². The fourth-order valence-corrected chi connectivity index (χ4v) is 4.62. The van der Waals surface area contributed by atoms with Crippen LogP contribution in [0.25, 0.3) is 5.65 Å². The van der Waals surface area contributed by atoms with Crippen LogP contribution in [0.2, 0.25) is 0 Å². The van der Waals surface area contributed by atoms with Crippen molar-refractivity contribution in [1.29, 1.82) is 0 Å². The average Bonchev–Trinajstić information content (AvgIpc) is 3.22. The first-order chi connectivity index (χ1) is 14.7. The summed E-state index contributed by atoms with van der Waals surface area (Å²) in [5.74, 6) is 1.87. The highest BCUT2D eigenvalue weighted by molar-refractivity contribution is 6.06. The highest BCUT2D eigenvalue weighted by atomic mass is 16.3. The van der Waals surface area contributed by atoms with Crippen molar-refractivity contribution in [2.75, 3.05) is 10.6 Å². The van der Waals surface area contributed by atoms with E-state index < -0.39 is 11.0 Å². The van der Waals surface area contributed by atoms with Crippen LogP contribution in [0.3, 0.4) is 0 Å². The number of anilines is 3. The Morgan fingerprint density at radius 3 is 2.77 bits per heavy atom. The monoisotopic (exact) mass is 420 g/mol. The zero-order chi connectivity index (χ0) is 21.8. The number of aliphatic hydroxyl groups is 1. The summed E-state index contributed by atoms with van der Waals surface area (Å²) in [7, 11) is 0. The van der Waals surface area contributed by atoms with Gasteiger partial charge in [0.15, 0.2) is 5.65 Å². The van der Waals surface area contributed by atoms with Crippen molar-refractivity contribution in [2.45, 2.75) is 63.9 Å². The summed E-state index contributed by atoms with van der Waals surface area (Å²) in [6, 6.07) is 7.68. The maximum absolute atomic E-state index is 12.2. The molecule has 1 amide bonds. The third-order valence-corrected chi connectivity index (χ3v) is 6.74. The van der Waals surface area contributed by atoms with Gasteiger partial charge in [0.25, 0.3) is 0 Å². The summed E-state index contributed by atoms with van der Waals surface area (Å²) in [6.07, 6.45) is 6.21. The number of nitrogens with zero attached hydrogens (tertiary/aromatic N) is 4. The van der Waals surface area contributed by atoms with Crippen molar-refractivity contribution in [2.24, 2.45) is 5.92 Å². The number of benzene rings is 1. The largest absolute Gasteiger partial charge is 0.390 e. The quantitative estimate of drug-likeness (QED) is 0.596. The fraction of sp³-hybridized carbons (Fsp3) is 0.478. The maximum atomic E-state index is 12.2. The van der Waals surface area contributed by atoms with E-state index in [4.69, 9.17) is 0 Å². The number of carbonyl (C=O) groups excluding carboxylic acids is 1. The van der Waals surface area contributed by atoms with Crippen molar-refractivity contribution >= 4 is 28.9 Å². The van der Waals surface area contributed by atoms with Gasteiger partial charge in [0.2, 0.25) is 11.9 Å². The van der Waals surface area contributed by atoms with E-state index in [1.54, 1.807) is 10.7 Å². The molecule has 3 heterocycles. The smallest absolute Gasteiger partial charge is 0.247 e. The molecular formula is C23H28N6O2. The second-order valence-electron chi connectivity index (χ2n) is 9.68. The Bertz CT molecular complexity index is 1160. The molecule has 0 atom stereocenters. The van der Waals surface area contributed by atoms with Crippen molar-refractivity contribution in [1.82, 2.24) is 19.6 Å². The molecule has 1 aliphatic heterocycles. The molecule has 162 valence electrons. The van der Waals surface area contributed by atoms with Gasteiger partial charge in [-0.1, -0.05) is 6.07 Å². The van der Waals surface area contributed by atoms with Crippen molar-refractivity contribution in [3.8, 4) is 0 Å². The molecule has 0 saturated heterocycles. The maximum Gasteiger partial charge on any atom is 0.247 e. The lowest BCUT2D eigenvalue weighted by Crippen LogP contribution is -2.31. The lowest BCUT2D eigenvalue weighted by molar-refractivity contribution is -0.119. The third kappa shape index (κ3) is 3.65. The average molecular weight is 421 g/mol. The molecule has 1 aliphatic carbocycles. The molecule has 3 aromatic rings. The van der Waals surface area contributed by atoms with Gasteiger partial charge < -0.3 is 15.7 Å². The first-order valence-corrected chi connectivity index (χ1v) is 10.9. The first kappa shape index (κ1) is 19.9. The number of hydrogen-bond donors (Lipinski definition) is 3. The summed E-state index contributed by atoms with van der Waals surface area (Å²) in [4.78, 5) is 21.3. The molecule has 2 aromatic heterocycles. The van der Waals surface area contributed by atoms with Crippen LogP contribution < -0.4 is 10.6 Å². The van der Waals surface area contributed by atoms with E-state index in [-0.39, 0.29) is 5.91 Å². The van der Waals surface area contributed by atoms with Crippen LogP contribution in [0.1, 0.15) is 57.8 Å². The molecule has 0 spiro atoms. The molecule has 8 heteroatoms. The van der Waals surface area contributed by atoms with Crippen LogP contribution in [-0.4, -0.2) is 36.2 Å². The molecule has 5 rings (SSSR count). The Balaban J connectivity index is 1.36. The van der Waals surface area contributed by atoms with Gasteiger partial charge in [-0.2, -0.15) is 9.50 Å². The minimum atomic E-state index is -0.537. The molecule has 1 aromatic carbocycles. The lowest BCUT2D eigenvalue weighted by Gasteiger charge is -2.32. The van der Waals surface area contributed by atoms with E-state index in [0.29, 0.717) is 11.9 Å². The molecule has 8 nitrogen and oxygen atoms in total. The van der Waals surface area contributed by atoms with E-state index in [9.17, 15) is 9.90 Å². The van der Waals surface area contributed by atoms with Crippen LogP contribution in [0.5, 0.6) is 0 Å². The van der Waals surface area contributed by atoms with Crippen LogP contribution in [0, 0.1) is 5.92 Å². The Labute approximate surface area is 181 Å². The fourth-order valence-electron chi connectivity index (χ4n) is 4.62. The highest BCUT2D eigenvalue weighted by Gasteiger charge is 2.38. The standard InChI is InChI=1S/C23H28N6O2/c1-22(2)16-5-4-15(13-17(16)26-20(22)30)25-21-27-18-8-11-24-19(29(18)28-21)12-14-6-9-23(3,31)10-7-14/h4-5,8,11,13-14,31H,6-7,9-10,12H2,1-3H3,(H,25,28)(H,26,30). The number of amides is 1. The SMILES string of the molecule is CC1(O)CCC(Cc2nccc3nc(Nc4ccc5c(c4)NC(=O)C5(C)C)nn23)CC1. The summed E-state index contributed by atoms with van der Waals surface area (Å²) in [5.41, 5.74) is 2.30. The number of carbonyl (C=O) groups is 1. The van der Waals surface area contributed by atoms with Crippen LogP contribution >= 0.6 is 0 Å². The van der Waals surface area contributed by atoms with E-state index in [1.165, 1.54) is 0 Å². The summed E-state index contributed by atoms with van der Waals surface area (Å²) < 4.78 is 1.80. The van der Waals surface area contributed by atoms with E-state index in [0.717, 1.165) is 60.5 Å². The molecule has 1 saturated carbocycles. The van der Waals surface area contributed by atoms with Gasteiger partial charge in [0.05, 0.1) is 11.0 Å². The normalized spacial score (nSPS) is 24.8. The van der Waals surface area contributed by atoms with Crippen molar-refractivity contribution < 1.29 is 9.90 Å². The summed E-state index contributed by atoms with van der Waals surface area (Å²) in [5, 5.41) is 21.0. The van der Waals surface area contributed by atoms with E-state index in [1.807, 2.05) is 45.0 Å². The van der Waals surface area contributed by atoms with Crippen LogP contribution in [0.4, 0.5) is 17.3 Å². The summed E-state index contributed by atoms with van der Waals surface area (Å²) in [6.45, 7) is 5.77. The molecule has 0 bridgehead atoms. The highest BCUT2D eigenvalue weighted by Crippen LogP contribution is 2.39. The number of aromatic nitrogens is 4. The second-order valence-corrected chi connectivity index (χ2v) is 9.68. The lowest BCUT2D eigenvalue weighted by atomic mass is 9.78. The number of nitrogens with one attached hydrogen (secondary N) is 2. The molecule has 0 radical (unpaired) electrons. The predicted molar refractivity (Wildman–Crippen MR) is 118 cm³/mol. The number of hydrogen-bond acceptors (Lipinski definition) is 6. The van der Waals surface area contributed by atoms with Gasteiger partial charge >= 0.3 is 0 Å². The Kier molecular flexibility index (Phi) is 4.51. The number of rotatable bonds is 4. The molecule has 3 N–H and O–H groups in total. The third-order valence-electron chi connectivity index (χ3n) is 6.74. The van der Waals surface area contributed by atoms with Crippen molar-refractivity contribution in [3.63, 3.8) is 0 Å². The zero-order valence-electron chi connectivity index (χ0n) is 18.1. The van der Waals surface area contributed by atoms with Gasteiger partial charge in [-0.3, -0.25) is 4.79 Å². The molecule has 31 heavy (non-hydrogen) atoms. The van der Waals surface area contributed by atoms with Crippen LogP contribution in [0.15, 0.2) is 30.5 Å². The zero-order valence-corrected chi connectivity index (χ0v) is 18.1. The molecule has 0 unspecified atom stereocenters. The number of fused-ring (bicyclic) bond motifs is 2. The van der Waals surface area contributed by atoms with Crippen molar-refractivity contribution in [3.05, 3.63) is 41.9 Å². The first-order valence-electron chi connectivity index (χ1n) is 10.9. The minimum absolute atomic E-state index is 0.00504. The predicted octanol–water partition coefficient (Wildman–Crippen LogP) is 3.58. The van der Waals surface area contributed by atoms with E-state index >= 15 is 0 Å². The van der Waals surface area contributed by atoms with Gasteiger partial charge in [0, 0.05) is 30.1 Å². The van der Waals surface area contributed by atoms with Gasteiger partial charge in [-0.05, 0) is 70.1 Å². The Morgan fingerprint density at radius 2 is 2.00 bits per heavy atom. The van der Waals surface area contributed by atoms with Gasteiger partial charge in [-0.25, -0.2) is 4.98 Å². The second kappa shape index (κ2) is 7.02. The van der Waals surface area contributed by atoms with Gasteiger partial charge in [0.1, 0.15) is 5.82 Å². The minimum Gasteiger partial charge on any atom is -0.390 e. The molecule has 1 fully saturated rings.